The number of fused-ring (bicyclic) bond motifs is 14. The molecule has 0 aliphatic heterocycles. The van der Waals surface area contributed by atoms with Crippen molar-refractivity contribution in [2.45, 2.75) is 0 Å². The van der Waals surface area contributed by atoms with E-state index in [1.807, 2.05) is 18.2 Å². The van der Waals surface area contributed by atoms with Crippen LogP contribution in [0.25, 0.3) is 163 Å². The third-order valence-corrected chi connectivity index (χ3v) is 15.4. The Labute approximate surface area is 376 Å². The molecule has 0 aromatic heterocycles. The Morgan fingerprint density at radius 3 is 1.44 bits per heavy atom. The zero-order chi connectivity index (χ0) is 43.1. The highest BCUT2D eigenvalue weighted by atomic mass is 19.1. The number of benzene rings is 13. The minimum absolute atomic E-state index is 0.00998. The third-order valence-electron chi connectivity index (χ3n) is 15.4. The van der Waals surface area contributed by atoms with Crippen LogP contribution in [0.4, 0.5) is 8.78 Å². The Morgan fingerprint density at radius 2 is 0.697 bits per heavy atom. The van der Waals surface area contributed by atoms with Crippen LogP contribution in [0.5, 0.6) is 0 Å². The standard InChI is InChI=1S/C64H32F2/c65-52-19-10-20-53(66)54(52)35-21-22-38-42-23-24-43-45-27-29-48-60-49(30-28-46(58(45)60)44-25-26-47(50(38)32-35)56(42)57(43)44)63-61-41-18-9-8-17-40(41)55-37-15-5-4-13-34(37)31-51(64(55)61)59(62(48)63)39-16-7-6-14-36(39)33-11-2-1-3-12-33/h1-32H. The fourth-order valence-corrected chi connectivity index (χ4v) is 12.9. The first-order chi connectivity index (χ1) is 32.6. The lowest BCUT2D eigenvalue weighted by molar-refractivity contribution is 0.589. The Kier molecular flexibility index (Phi) is 6.46. The van der Waals surface area contributed by atoms with Crippen LogP contribution in [0.15, 0.2) is 194 Å². The molecule has 0 heterocycles. The van der Waals surface area contributed by atoms with E-state index in [-0.39, 0.29) is 5.56 Å². The van der Waals surface area contributed by atoms with Crippen molar-refractivity contribution in [1.29, 1.82) is 0 Å². The average Bonchev–Trinajstić information content (AvgIpc) is 4.00. The number of hydrogen-bond donors (Lipinski definition) is 0. The summed E-state index contributed by atoms with van der Waals surface area (Å²) in [6.07, 6.45) is 0. The molecule has 1 aliphatic carbocycles. The van der Waals surface area contributed by atoms with E-state index >= 15 is 8.78 Å². The molecule has 0 nitrogen and oxygen atoms in total. The van der Waals surface area contributed by atoms with Gasteiger partial charge in [-0.1, -0.05) is 170 Å². The minimum atomic E-state index is -0.557. The first-order valence-corrected chi connectivity index (χ1v) is 22.7. The monoisotopic (exact) mass is 838 g/mol. The normalized spacial score (nSPS) is 12.7. The van der Waals surface area contributed by atoms with Crippen molar-refractivity contribution in [3.63, 3.8) is 0 Å². The molecule has 15 aromatic rings. The van der Waals surface area contributed by atoms with Crippen molar-refractivity contribution in [3.8, 4) is 55.6 Å². The van der Waals surface area contributed by atoms with E-state index in [2.05, 4.69) is 158 Å². The first-order valence-electron chi connectivity index (χ1n) is 22.7. The van der Waals surface area contributed by atoms with Gasteiger partial charge in [-0.15, -0.1) is 0 Å². The topological polar surface area (TPSA) is 0 Å². The summed E-state index contributed by atoms with van der Waals surface area (Å²) in [5.41, 5.74) is 9.83. The predicted octanol–water partition coefficient (Wildman–Crippen LogP) is 18.5. The Bertz CT molecular complexity index is 4600. The summed E-state index contributed by atoms with van der Waals surface area (Å²) in [7, 11) is 0. The molecule has 302 valence electrons. The minimum Gasteiger partial charge on any atom is -0.206 e. The van der Waals surface area contributed by atoms with Crippen LogP contribution in [-0.4, -0.2) is 0 Å². The molecule has 0 amide bonds. The number of halogens is 2. The summed E-state index contributed by atoms with van der Waals surface area (Å²) in [5, 5.41) is 25.5. The fraction of sp³-hybridized carbons (Fsp3) is 0. The van der Waals surface area contributed by atoms with E-state index in [4.69, 9.17) is 0 Å². The Hall–Kier alpha value is -8.46. The summed E-state index contributed by atoms with van der Waals surface area (Å²) in [6, 6.07) is 68.9. The molecular formula is C64H32F2. The predicted molar refractivity (Wildman–Crippen MR) is 276 cm³/mol. The maximum Gasteiger partial charge on any atom is 0.133 e. The first kappa shape index (κ1) is 35.0. The Morgan fingerprint density at radius 1 is 0.212 bits per heavy atom. The molecule has 0 saturated carbocycles. The number of hydrogen-bond acceptors (Lipinski definition) is 0. The molecule has 0 radical (unpaired) electrons. The van der Waals surface area contributed by atoms with E-state index in [9.17, 15) is 0 Å². The van der Waals surface area contributed by atoms with Gasteiger partial charge < -0.3 is 0 Å². The Balaban J connectivity index is 1.07. The molecule has 66 heavy (non-hydrogen) atoms. The van der Waals surface area contributed by atoms with Gasteiger partial charge in [-0.3, -0.25) is 0 Å². The molecule has 0 N–H and O–H groups in total. The molecule has 0 fully saturated rings. The van der Waals surface area contributed by atoms with Gasteiger partial charge in [0.05, 0.1) is 5.56 Å². The smallest absolute Gasteiger partial charge is 0.133 e. The average molecular weight is 839 g/mol. The van der Waals surface area contributed by atoms with Gasteiger partial charge in [0, 0.05) is 0 Å². The molecule has 0 bridgehead atoms. The van der Waals surface area contributed by atoms with Crippen molar-refractivity contribution < 1.29 is 8.78 Å². The summed E-state index contributed by atoms with van der Waals surface area (Å²) in [5.74, 6) is -1.11. The van der Waals surface area contributed by atoms with Crippen LogP contribution in [-0.2, 0) is 0 Å². The largest absolute Gasteiger partial charge is 0.206 e. The highest BCUT2D eigenvalue weighted by molar-refractivity contribution is 6.52. The van der Waals surface area contributed by atoms with Crippen LogP contribution < -0.4 is 0 Å². The zero-order valence-corrected chi connectivity index (χ0v) is 35.2. The third kappa shape index (κ3) is 4.15. The molecule has 0 spiro atoms. The van der Waals surface area contributed by atoms with Crippen LogP contribution in [0.3, 0.4) is 0 Å². The molecular weight excluding hydrogens is 807 g/mol. The highest BCUT2D eigenvalue weighted by Gasteiger charge is 2.30. The van der Waals surface area contributed by atoms with E-state index in [1.165, 1.54) is 148 Å². The maximum absolute atomic E-state index is 15.1. The van der Waals surface area contributed by atoms with E-state index in [0.29, 0.717) is 5.56 Å². The van der Waals surface area contributed by atoms with E-state index < -0.39 is 11.6 Å². The van der Waals surface area contributed by atoms with Crippen molar-refractivity contribution in [2.75, 3.05) is 0 Å². The summed E-state index contributed by atoms with van der Waals surface area (Å²) < 4.78 is 30.3. The highest BCUT2D eigenvalue weighted by Crippen LogP contribution is 2.58. The van der Waals surface area contributed by atoms with Gasteiger partial charge in [-0.05, 0) is 182 Å². The lowest BCUT2D eigenvalue weighted by atomic mass is 9.85. The summed E-state index contributed by atoms with van der Waals surface area (Å²) in [4.78, 5) is 0. The van der Waals surface area contributed by atoms with Crippen LogP contribution in [0.1, 0.15) is 0 Å². The van der Waals surface area contributed by atoms with Gasteiger partial charge in [0.15, 0.2) is 0 Å². The van der Waals surface area contributed by atoms with Crippen LogP contribution in [0.2, 0.25) is 0 Å². The molecule has 1 aliphatic rings. The molecule has 0 unspecified atom stereocenters. The van der Waals surface area contributed by atoms with Crippen LogP contribution >= 0.6 is 0 Å². The summed E-state index contributed by atoms with van der Waals surface area (Å²) >= 11 is 0. The fourth-order valence-electron chi connectivity index (χ4n) is 12.9. The molecule has 0 saturated heterocycles. The van der Waals surface area contributed by atoms with Gasteiger partial charge in [0.2, 0.25) is 0 Å². The second-order valence-corrected chi connectivity index (χ2v) is 18.4. The van der Waals surface area contributed by atoms with Gasteiger partial charge in [-0.25, -0.2) is 8.78 Å². The van der Waals surface area contributed by atoms with Crippen molar-refractivity contribution in [1.82, 2.24) is 0 Å². The van der Waals surface area contributed by atoms with Crippen LogP contribution in [0, 0.1) is 11.6 Å². The molecule has 0 atom stereocenters. The molecule has 15 aromatic carbocycles. The lowest BCUT2D eigenvalue weighted by Crippen LogP contribution is -1.90. The molecule has 2 heteroatoms. The number of rotatable bonds is 3. The van der Waals surface area contributed by atoms with Crippen molar-refractivity contribution >= 4 is 108 Å². The molecule has 16 rings (SSSR count). The second-order valence-electron chi connectivity index (χ2n) is 18.4. The second kappa shape index (κ2) is 12.2. The van der Waals surface area contributed by atoms with E-state index in [1.54, 1.807) is 0 Å². The SMILES string of the molecule is Fc1cccc(F)c1-c1ccc2c(c1)-c1ccc3c4ccc5c6c(ccc(c7ccc-2c1c73)c46)c1c(-c2ccccc2-c2ccccc2)c2cc3ccccc3c3c4ccccc4c(c51)c23. The van der Waals surface area contributed by atoms with Gasteiger partial charge >= 0.3 is 0 Å². The van der Waals surface area contributed by atoms with E-state index in [0.717, 1.165) is 22.3 Å². The summed E-state index contributed by atoms with van der Waals surface area (Å²) in [6.45, 7) is 0. The van der Waals surface area contributed by atoms with Gasteiger partial charge in [0.25, 0.3) is 0 Å². The van der Waals surface area contributed by atoms with Crippen molar-refractivity contribution in [3.05, 3.63) is 206 Å². The van der Waals surface area contributed by atoms with Gasteiger partial charge in [0.1, 0.15) is 11.6 Å². The van der Waals surface area contributed by atoms with Crippen molar-refractivity contribution in [2.24, 2.45) is 0 Å². The zero-order valence-electron chi connectivity index (χ0n) is 35.2. The van der Waals surface area contributed by atoms with Gasteiger partial charge in [-0.2, -0.15) is 0 Å². The lowest BCUT2D eigenvalue weighted by Gasteiger charge is -2.17. The quantitative estimate of drug-likeness (QED) is 0.123. The maximum atomic E-state index is 15.1.